The van der Waals surface area contributed by atoms with Gasteiger partial charge in [-0.15, -0.1) is 5.10 Å². The Kier molecular flexibility index (Phi) is 6.32. The van der Waals surface area contributed by atoms with E-state index in [0.717, 1.165) is 36.4 Å². The van der Waals surface area contributed by atoms with E-state index in [1.165, 1.54) is 21.5 Å². The van der Waals surface area contributed by atoms with Gasteiger partial charge in [0.25, 0.3) is 5.56 Å². The molecule has 0 saturated heterocycles. The van der Waals surface area contributed by atoms with Gasteiger partial charge < -0.3 is 9.64 Å². The number of aromatic nitrogens is 3. The molecule has 0 bridgehead atoms. The van der Waals surface area contributed by atoms with Gasteiger partial charge in [-0.05, 0) is 68.3 Å². The van der Waals surface area contributed by atoms with Gasteiger partial charge in [-0.25, -0.2) is 0 Å². The normalized spacial score (nSPS) is 11.9. The predicted molar refractivity (Wildman–Crippen MR) is 127 cm³/mol. The standard InChI is InChI=1S/C24H26N4O2S/c1-4-15-30-20-13-9-18(10-14-20)22-25-24-28(26-22)23(29)21(31-24)16-17-7-11-19(12-8-17)27(5-2)6-3/h7-14,16H,4-6,15H2,1-3H3. The van der Waals surface area contributed by atoms with Gasteiger partial charge in [0.2, 0.25) is 4.96 Å². The summed E-state index contributed by atoms with van der Waals surface area (Å²) < 4.78 is 7.63. The Balaban J connectivity index is 1.59. The van der Waals surface area contributed by atoms with Crippen LogP contribution in [-0.4, -0.2) is 34.3 Å². The van der Waals surface area contributed by atoms with Gasteiger partial charge in [-0.1, -0.05) is 30.4 Å². The zero-order valence-electron chi connectivity index (χ0n) is 18.0. The SMILES string of the molecule is CCCOc1ccc(-c2nc3sc(=Cc4ccc(N(CC)CC)cc4)c(=O)n3n2)cc1. The molecule has 0 amide bonds. The molecule has 4 rings (SSSR count). The van der Waals surface area contributed by atoms with Gasteiger partial charge in [0.15, 0.2) is 5.82 Å². The second-order valence-corrected chi connectivity index (χ2v) is 8.19. The summed E-state index contributed by atoms with van der Waals surface area (Å²) in [6.07, 6.45) is 2.86. The second kappa shape index (κ2) is 9.31. The van der Waals surface area contributed by atoms with Crippen LogP contribution in [0.1, 0.15) is 32.8 Å². The van der Waals surface area contributed by atoms with Crippen LogP contribution in [0.15, 0.2) is 53.3 Å². The summed E-state index contributed by atoms with van der Waals surface area (Å²) in [6.45, 7) is 8.98. The number of ether oxygens (including phenoxy) is 1. The van der Waals surface area contributed by atoms with E-state index in [1.54, 1.807) is 0 Å². The largest absolute Gasteiger partial charge is 0.494 e. The summed E-state index contributed by atoms with van der Waals surface area (Å²) in [5.74, 6) is 1.36. The van der Waals surface area contributed by atoms with Crippen molar-refractivity contribution in [1.82, 2.24) is 14.6 Å². The summed E-state index contributed by atoms with van der Waals surface area (Å²) in [6, 6.07) is 15.9. The van der Waals surface area contributed by atoms with Crippen LogP contribution >= 0.6 is 11.3 Å². The number of benzene rings is 2. The zero-order chi connectivity index (χ0) is 21.8. The highest BCUT2D eigenvalue weighted by molar-refractivity contribution is 7.15. The fourth-order valence-corrected chi connectivity index (χ4v) is 4.31. The van der Waals surface area contributed by atoms with Crippen LogP contribution in [0.5, 0.6) is 5.75 Å². The van der Waals surface area contributed by atoms with Crippen molar-refractivity contribution in [2.75, 3.05) is 24.6 Å². The fourth-order valence-electron chi connectivity index (χ4n) is 3.40. The highest BCUT2D eigenvalue weighted by atomic mass is 32.1. The number of hydrogen-bond acceptors (Lipinski definition) is 6. The number of nitrogens with zero attached hydrogens (tertiary/aromatic N) is 4. The number of fused-ring (bicyclic) bond motifs is 1. The monoisotopic (exact) mass is 434 g/mol. The minimum absolute atomic E-state index is 0.144. The topological polar surface area (TPSA) is 59.7 Å². The van der Waals surface area contributed by atoms with Crippen LogP contribution in [0.4, 0.5) is 5.69 Å². The van der Waals surface area contributed by atoms with E-state index in [2.05, 4.69) is 47.9 Å². The van der Waals surface area contributed by atoms with E-state index < -0.39 is 0 Å². The molecular formula is C24H26N4O2S. The van der Waals surface area contributed by atoms with Crippen LogP contribution < -0.4 is 19.7 Å². The van der Waals surface area contributed by atoms with E-state index in [-0.39, 0.29) is 5.56 Å². The first-order chi connectivity index (χ1) is 15.1. The summed E-state index contributed by atoms with van der Waals surface area (Å²) >= 11 is 1.35. The summed E-state index contributed by atoms with van der Waals surface area (Å²) in [7, 11) is 0. The molecule has 0 fully saturated rings. The first kappa shape index (κ1) is 21.1. The molecule has 160 valence electrons. The third-order valence-electron chi connectivity index (χ3n) is 5.09. The molecule has 4 aromatic rings. The van der Waals surface area contributed by atoms with Gasteiger partial charge in [0.1, 0.15) is 5.75 Å². The maximum atomic E-state index is 12.8. The molecule has 2 aromatic carbocycles. The number of thiazole rings is 1. The number of rotatable bonds is 8. The number of hydrogen-bond donors (Lipinski definition) is 0. The van der Waals surface area contributed by atoms with Crippen molar-refractivity contribution in [1.29, 1.82) is 0 Å². The Hall–Kier alpha value is -3.19. The molecular weight excluding hydrogens is 408 g/mol. The Morgan fingerprint density at radius 3 is 2.35 bits per heavy atom. The maximum absolute atomic E-state index is 12.8. The molecule has 0 aliphatic rings. The van der Waals surface area contributed by atoms with E-state index in [0.29, 0.717) is 21.9 Å². The van der Waals surface area contributed by atoms with E-state index in [1.807, 2.05) is 42.5 Å². The lowest BCUT2D eigenvalue weighted by atomic mass is 10.2. The van der Waals surface area contributed by atoms with Crippen LogP contribution in [-0.2, 0) is 0 Å². The fraction of sp³-hybridized carbons (Fsp3) is 0.292. The van der Waals surface area contributed by atoms with Crippen LogP contribution in [0.25, 0.3) is 22.4 Å². The second-order valence-electron chi connectivity index (χ2n) is 7.18. The smallest absolute Gasteiger partial charge is 0.291 e. The van der Waals surface area contributed by atoms with E-state index in [9.17, 15) is 4.79 Å². The first-order valence-corrected chi connectivity index (χ1v) is 11.4. The molecule has 0 atom stereocenters. The molecule has 0 spiro atoms. The van der Waals surface area contributed by atoms with E-state index >= 15 is 0 Å². The highest BCUT2D eigenvalue weighted by Gasteiger charge is 2.12. The molecule has 2 heterocycles. The minimum Gasteiger partial charge on any atom is -0.494 e. The van der Waals surface area contributed by atoms with Crippen LogP contribution in [0, 0.1) is 0 Å². The van der Waals surface area contributed by atoms with Gasteiger partial charge in [0, 0.05) is 24.3 Å². The molecule has 7 heteroatoms. The lowest BCUT2D eigenvalue weighted by Crippen LogP contribution is -2.23. The lowest BCUT2D eigenvalue weighted by molar-refractivity contribution is 0.317. The first-order valence-electron chi connectivity index (χ1n) is 10.6. The van der Waals surface area contributed by atoms with Crippen LogP contribution in [0.3, 0.4) is 0 Å². The average molecular weight is 435 g/mol. The molecule has 2 aromatic heterocycles. The van der Waals surface area contributed by atoms with Crippen molar-refractivity contribution in [2.24, 2.45) is 0 Å². The molecule has 0 aliphatic carbocycles. The minimum atomic E-state index is -0.144. The third-order valence-corrected chi connectivity index (χ3v) is 6.05. The van der Waals surface area contributed by atoms with Crippen molar-refractivity contribution in [3.8, 4) is 17.1 Å². The molecule has 6 nitrogen and oxygen atoms in total. The van der Waals surface area contributed by atoms with Crippen molar-refractivity contribution < 1.29 is 4.74 Å². The average Bonchev–Trinajstić information content (AvgIpc) is 3.34. The highest BCUT2D eigenvalue weighted by Crippen LogP contribution is 2.21. The molecule has 0 radical (unpaired) electrons. The van der Waals surface area contributed by atoms with Crippen molar-refractivity contribution in [3.05, 3.63) is 69.0 Å². The summed E-state index contributed by atoms with van der Waals surface area (Å²) in [5.41, 5.74) is 2.88. The van der Waals surface area contributed by atoms with Gasteiger partial charge in [-0.2, -0.15) is 9.50 Å². The molecule has 0 saturated carbocycles. The van der Waals surface area contributed by atoms with Crippen LogP contribution in [0.2, 0.25) is 0 Å². The zero-order valence-corrected chi connectivity index (χ0v) is 18.9. The quantitative estimate of drug-likeness (QED) is 0.420. The molecule has 0 aliphatic heterocycles. The Bertz CT molecular complexity index is 1260. The lowest BCUT2D eigenvalue weighted by Gasteiger charge is -2.20. The summed E-state index contributed by atoms with van der Waals surface area (Å²) in [4.78, 5) is 20.3. The predicted octanol–water partition coefficient (Wildman–Crippen LogP) is 4.00. The van der Waals surface area contributed by atoms with Gasteiger partial charge in [0.05, 0.1) is 11.1 Å². The Morgan fingerprint density at radius 1 is 1.03 bits per heavy atom. The summed E-state index contributed by atoms with van der Waals surface area (Å²) in [5, 5.41) is 4.43. The van der Waals surface area contributed by atoms with Crippen molar-refractivity contribution in [2.45, 2.75) is 27.2 Å². The molecule has 0 unspecified atom stereocenters. The molecule has 31 heavy (non-hydrogen) atoms. The third kappa shape index (κ3) is 4.46. The Labute approximate surface area is 185 Å². The maximum Gasteiger partial charge on any atom is 0.291 e. The molecule has 0 N–H and O–H groups in total. The number of anilines is 1. The van der Waals surface area contributed by atoms with Crippen molar-refractivity contribution in [3.63, 3.8) is 0 Å². The van der Waals surface area contributed by atoms with Gasteiger partial charge >= 0.3 is 0 Å². The van der Waals surface area contributed by atoms with Gasteiger partial charge in [-0.3, -0.25) is 4.79 Å². The van der Waals surface area contributed by atoms with Crippen molar-refractivity contribution >= 4 is 28.1 Å². The Morgan fingerprint density at radius 2 is 1.74 bits per heavy atom. The van der Waals surface area contributed by atoms with E-state index in [4.69, 9.17) is 4.74 Å².